The molecule has 0 saturated heterocycles. The van der Waals surface area contributed by atoms with E-state index in [1.807, 2.05) is 0 Å². The summed E-state index contributed by atoms with van der Waals surface area (Å²) in [6.07, 6.45) is 1.49. The Labute approximate surface area is 179 Å². The van der Waals surface area contributed by atoms with E-state index in [0.717, 1.165) is 19.3 Å². The number of alkyl halides is 1. The fraction of sp³-hybridized carbons (Fsp3) is 0.435. The number of anilines is 1. The lowest BCUT2D eigenvalue weighted by Gasteiger charge is -2.18. The summed E-state index contributed by atoms with van der Waals surface area (Å²) >= 11 is 0. The van der Waals surface area contributed by atoms with Crippen molar-refractivity contribution >= 4 is 21.4 Å². The van der Waals surface area contributed by atoms with E-state index in [0.29, 0.717) is 35.3 Å². The Kier molecular flexibility index (Phi) is 7.77. The fourth-order valence-corrected chi connectivity index (χ4v) is 4.15. The minimum absolute atomic E-state index is 0.0655. The molecule has 2 aromatic carbocycles. The summed E-state index contributed by atoms with van der Waals surface area (Å²) < 4.78 is 39.1. The van der Waals surface area contributed by atoms with Crippen molar-refractivity contribution in [3.05, 3.63) is 48.0 Å². The third-order valence-electron chi connectivity index (χ3n) is 5.07. The highest BCUT2D eigenvalue weighted by molar-refractivity contribution is 7.90. The summed E-state index contributed by atoms with van der Waals surface area (Å²) in [6.45, 7) is 9.35. The average molecular weight is 435 g/mol. The molecule has 0 heterocycles. The number of carbonyl (C=O) groups is 1. The van der Waals surface area contributed by atoms with Crippen molar-refractivity contribution in [3.8, 4) is 11.1 Å². The van der Waals surface area contributed by atoms with Crippen molar-refractivity contribution in [3.63, 3.8) is 0 Å². The van der Waals surface area contributed by atoms with Crippen LogP contribution >= 0.6 is 0 Å². The monoisotopic (exact) mass is 434 g/mol. The zero-order valence-corrected chi connectivity index (χ0v) is 19.1. The Bertz CT molecular complexity index is 994. The van der Waals surface area contributed by atoms with Gasteiger partial charge in [-0.05, 0) is 56.3 Å². The molecule has 0 fully saturated rings. The van der Waals surface area contributed by atoms with Gasteiger partial charge in [-0.2, -0.15) is 0 Å². The Hall–Kier alpha value is -2.25. The normalized spacial score (nSPS) is 12.2. The van der Waals surface area contributed by atoms with Crippen LogP contribution < -0.4 is 5.32 Å². The molecule has 1 N–H and O–H groups in total. The molecular weight excluding hydrogens is 403 g/mol. The van der Waals surface area contributed by atoms with E-state index >= 15 is 0 Å². The molecule has 0 bridgehead atoms. The number of hydrogen-bond donors (Lipinski definition) is 1. The van der Waals surface area contributed by atoms with Crippen LogP contribution in [0.1, 0.15) is 39.7 Å². The highest BCUT2D eigenvalue weighted by Gasteiger charge is 2.23. The Balaban J connectivity index is 2.32. The van der Waals surface area contributed by atoms with Gasteiger partial charge in [-0.25, -0.2) is 12.8 Å². The summed E-state index contributed by atoms with van der Waals surface area (Å²) in [7, 11) is -3.58. The molecule has 0 aliphatic heterocycles. The Morgan fingerprint density at radius 3 is 2.33 bits per heavy atom. The van der Waals surface area contributed by atoms with E-state index in [-0.39, 0.29) is 10.8 Å². The second-order valence-electron chi connectivity index (χ2n) is 7.86. The number of amides is 1. The van der Waals surface area contributed by atoms with Crippen LogP contribution in [0.2, 0.25) is 0 Å². The minimum atomic E-state index is -3.58. The van der Waals surface area contributed by atoms with Gasteiger partial charge in [-0.3, -0.25) is 4.79 Å². The number of halogens is 1. The topological polar surface area (TPSA) is 66.5 Å². The smallest absolute Gasteiger partial charge is 0.225 e. The van der Waals surface area contributed by atoms with Crippen molar-refractivity contribution in [2.24, 2.45) is 0 Å². The quantitative estimate of drug-likeness (QED) is 0.625. The summed E-state index contributed by atoms with van der Waals surface area (Å²) in [6, 6.07) is 11.6. The molecule has 5 nitrogen and oxygen atoms in total. The van der Waals surface area contributed by atoms with E-state index in [2.05, 4.69) is 24.1 Å². The maximum Gasteiger partial charge on any atom is 0.225 e. The van der Waals surface area contributed by atoms with Crippen LogP contribution in [-0.4, -0.2) is 45.1 Å². The molecule has 0 spiro atoms. The van der Waals surface area contributed by atoms with E-state index in [1.165, 1.54) is 19.9 Å². The van der Waals surface area contributed by atoms with Gasteiger partial charge in [0, 0.05) is 30.5 Å². The Morgan fingerprint density at radius 1 is 1.10 bits per heavy atom. The standard InChI is InChI=1S/C23H31FN2O3S/c1-6-26(7-2)14-13-22(27)25-19-10-8-9-17(15-19)20-12-11-18(23(3,4)24)16-21(20)30(5,28)29/h8-12,15-16H,6-7,13-14H2,1-5H3,(H,25,27). The molecule has 0 aliphatic carbocycles. The summed E-state index contributed by atoms with van der Waals surface area (Å²) in [5, 5.41) is 2.87. The first kappa shape index (κ1) is 24.0. The van der Waals surface area contributed by atoms with Gasteiger partial charge in [0.1, 0.15) is 5.67 Å². The maximum atomic E-state index is 14.4. The molecular formula is C23H31FN2O3S. The van der Waals surface area contributed by atoms with E-state index in [1.54, 1.807) is 36.4 Å². The van der Waals surface area contributed by atoms with Gasteiger partial charge in [-0.1, -0.05) is 38.1 Å². The van der Waals surface area contributed by atoms with Crippen LogP contribution in [-0.2, 0) is 20.3 Å². The first-order valence-electron chi connectivity index (χ1n) is 10.1. The van der Waals surface area contributed by atoms with Gasteiger partial charge >= 0.3 is 0 Å². The second kappa shape index (κ2) is 9.71. The van der Waals surface area contributed by atoms with Gasteiger partial charge in [0.2, 0.25) is 5.91 Å². The van der Waals surface area contributed by atoms with Crippen LogP contribution in [0, 0.1) is 0 Å². The van der Waals surface area contributed by atoms with Crippen molar-refractivity contribution in [2.45, 2.75) is 44.7 Å². The number of rotatable bonds is 9. The first-order valence-corrected chi connectivity index (χ1v) is 12.0. The van der Waals surface area contributed by atoms with Crippen molar-refractivity contribution < 1.29 is 17.6 Å². The molecule has 7 heteroatoms. The van der Waals surface area contributed by atoms with Crippen LogP contribution in [0.5, 0.6) is 0 Å². The van der Waals surface area contributed by atoms with Crippen LogP contribution in [0.3, 0.4) is 0 Å². The fourth-order valence-electron chi connectivity index (χ4n) is 3.22. The molecule has 1 amide bonds. The Morgan fingerprint density at radius 2 is 1.77 bits per heavy atom. The summed E-state index contributed by atoms with van der Waals surface area (Å²) in [4.78, 5) is 14.5. The summed E-state index contributed by atoms with van der Waals surface area (Å²) in [5.41, 5.74) is 0.349. The number of benzene rings is 2. The molecule has 2 rings (SSSR count). The van der Waals surface area contributed by atoms with Crippen molar-refractivity contribution in [1.29, 1.82) is 0 Å². The second-order valence-corrected chi connectivity index (χ2v) is 9.85. The molecule has 0 aliphatic rings. The lowest BCUT2D eigenvalue weighted by Crippen LogP contribution is -2.27. The third-order valence-corrected chi connectivity index (χ3v) is 6.21. The molecule has 0 atom stereocenters. The lowest BCUT2D eigenvalue weighted by atomic mass is 9.96. The van der Waals surface area contributed by atoms with Gasteiger partial charge in [0.25, 0.3) is 0 Å². The average Bonchev–Trinajstić information content (AvgIpc) is 2.67. The van der Waals surface area contributed by atoms with Crippen molar-refractivity contribution in [1.82, 2.24) is 4.90 Å². The first-order chi connectivity index (χ1) is 14.0. The molecule has 164 valence electrons. The van der Waals surface area contributed by atoms with Crippen LogP contribution in [0.25, 0.3) is 11.1 Å². The highest BCUT2D eigenvalue weighted by Crippen LogP contribution is 2.34. The number of nitrogens with one attached hydrogen (secondary N) is 1. The molecule has 0 saturated carbocycles. The molecule has 30 heavy (non-hydrogen) atoms. The van der Waals surface area contributed by atoms with E-state index in [4.69, 9.17) is 0 Å². The molecule has 0 radical (unpaired) electrons. The van der Waals surface area contributed by atoms with E-state index in [9.17, 15) is 17.6 Å². The minimum Gasteiger partial charge on any atom is -0.326 e. The van der Waals surface area contributed by atoms with Crippen LogP contribution in [0.4, 0.5) is 10.1 Å². The number of carbonyl (C=O) groups excluding carboxylic acids is 1. The zero-order chi connectivity index (χ0) is 22.5. The molecule has 0 unspecified atom stereocenters. The predicted molar refractivity (Wildman–Crippen MR) is 120 cm³/mol. The van der Waals surface area contributed by atoms with Crippen LogP contribution in [0.15, 0.2) is 47.4 Å². The zero-order valence-electron chi connectivity index (χ0n) is 18.3. The van der Waals surface area contributed by atoms with Gasteiger partial charge in [-0.15, -0.1) is 0 Å². The number of nitrogens with zero attached hydrogens (tertiary/aromatic N) is 1. The maximum absolute atomic E-state index is 14.4. The largest absolute Gasteiger partial charge is 0.326 e. The van der Waals surface area contributed by atoms with Gasteiger partial charge in [0.15, 0.2) is 9.84 Å². The summed E-state index contributed by atoms with van der Waals surface area (Å²) in [5.74, 6) is -0.100. The molecule has 2 aromatic rings. The number of hydrogen-bond acceptors (Lipinski definition) is 4. The highest BCUT2D eigenvalue weighted by atomic mass is 32.2. The molecule has 0 aromatic heterocycles. The predicted octanol–water partition coefficient (Wildman–Crippen LogP) is 4.63. The lowest BCUT2D eigenvalue weighted by molar-refractivity contribution is -0.116. The van der Waals surface area contributed by atoms with Gasteiger partial charge in [0.05, 0.1) is 4.90 Å². The van der Waals surface area contributed by atoms with E-state index < -0.39 is 15.5 Å². The SMILES string of the molecule is CCN(CC)CCC(=O)Nc1cccc(-c2ccc(C(C)(C)F)cc2S(C)(=O)=O)c1. The van der Waals surface area contributed by atoms with Gasteiger partial charge < -0.3 is 10.2 Å². The van der Waals surface area contributed by atoms with Crippen molar-refractivity contribution in [2.75, 3.05) is 31.2 Å². The number of sulfone groups is 1. The third kappa shape index (κ3) is 6.37.